The van der Waals surface area contributed by atoms with Gasteiger partial charge < -0.3 is 14.8 Å². The highest BCUT2D eigenvalue weighted by Crippen LogP contribution is 2.37. The van der Waals surface area contributed by atoms with Crippen molar-refractivity contribution in [2.24, 2.45) is 0 Å². The van der Waals surface area contributed by atoms with Gasteiger partial charge in [-0.3, -0.25) is 14.5 Å². The van der Waals surface area contributed by atoms with E-state index in [2.05, 4.69) is 4.98 Å². The Labute approximate surface area is 249 Å². The predicted molar refractivity (Wildman–Crippen MR) is 155 cm³/mol. The highest BCUT2D eigenvalue weighted by atomic mass is 19.4. The van der Waals surface area contributed by atoms with Crippen LogP contribution in [-0.2, 0) is 18.8 Å². The minimum atomic E-state index is -5.08. The van der Waals surface area contributed by atoms with E-state index in [1.165, 1.54) is 4.90 Å². The van der Waals surface area contributed by atoms with Gasteiger partial charge in [0.2, 0.25) is 0 Å². The minimum Gasteiger partial charge on any atom is -0.378 e. The molecule has 0 saturated carbocycles. The van der Waals surface area contributed by atoms with Gasteiger partial charge in [-0.1, -0.05) is 18.2 Å². The maximum atomic E-state index is 13.7. The molecule has 1 atom stereocenters. The number of amides is 1. The van der Waals surface area contributed by atoms with E-state index in [9.17, 15) is 35.9 Å². The van der Waals surface area contributed by atoms with Crippen LogP contribution in [0.2, 0.25) is 0 Å². The standard InChI is InChI=1S/C32H30F6N4O2/c1-40(2)25-9-7-20(8-10-25)29(43)19-41-11-12-42(26(18-41)15-22-17-39-28-6-4-3-5-27(22)28)30(44)21-13-23(31(33,34)35)16-24(14-21)32(36,37)38/h3-10,13-14,16-17,26,39H,11-12,15,18-19H2,1-2H3/t26-/m1/s1. The molecule has 1 aliphatic rings. The van der Waals surface area contributed by atoms with Crippen molar-refractivity contribution in [3.8, 4) is 0 Å². The number of para-hydroxylation sites is 1. The number of Topliss-reactive ketones (excluding diaryl/α,β-unsaturated/α-hetero) is 1. The van der Waals surface area contributed by atoms with Crippen molar-refractivity contribution in [3.05, 3.63) is 101 Å². The molecule has 232 valence electrons. The predicted octanol–water partition coefficient (Wildman–Crippen LogP) is 6.52. The van der Waals surface area contributed by atoms with Crippen LogP contribution in [0.15, 0.2) is 72.9 Å². The number of benzene rings is 3. The van der Waals surface area contributed by atoms with Crippen LogP contribution in [0, 0.1) is 0 Å². The fraction of sp³-hybridized carbons (Fsp3) is 0.312. The Hall–Kier alpha value is -4.32. The molecule has 0 bridgehead atoms. The number of aromatic nitrogens is 1. The van der Waals surface area contributed by atoms with Gasteiger partial charge in [0.25, 0.3) is 5.91 Å². The van der Waals surface area contributed by atoms with E-state index in [4.69, 9.17) is 0 Å². The lowest BCUT2D eigenvalue weighted by molar-refractivity contribution is -0.143. The monoisotopic (exact) mass is 616 g/mol. The van der Waals surface area contributed by atoms with Crippen molar-refractivity contribution in [1.29, 1.82) is 0 Å². The van der Waals surface area contributed by atoms with Gasteiger partial charge in [-0.25, -0.2) is 0 Å². The molecule has 44 heavy (non-hydrogen) atoms. The van der Waals surface area contributed by atoms with Crippen molar-refractivity contribution in [3.63, 3.8) is 0 Å². The molecule has 6 nitrogen and oxygen atoms in total. The van der Waals surface area contributed by atoms with Crippen LogP contribution >= 0.6 is 0 Å². The lowest BCUT2D eigenvalue weighted by Crippen LogP contribution is -2.56. The molecule has 2 heterocycles. The summed E-state index contributed by atoms with van der Waals surface area (Å²) >= 11 is 0. The average molecular weight is 617 g/mol. The molecule has 3 aromatic carbocycles. The van der Waals surface area contributed by atoms with Crippen LogP contribution in [0.3, 0.4) is 0 Å². The lowest BCUT2D eigenvalue weighted by atomic mass is 9.98. The van der Waals surface area contributed by atoms with Crippen LogP contribution in [0.4, 0.5) is 32.0 Å². The number of hydrogen-bond donors (Lipinski definition) is 1. The molecule has 1 fully saturated rings. The lowest BCUT2D eigenvalue weighted by Gasteiger charge is -2.41. The van der Waals surface area contributed by atoms with Crippen LogP contribution < -0.4 is 4.90 Å². The van der Waals surface area contributed by atoms with Crippen molar-refractivity contribution in [1.82, 2.24) is 14.8 Å². The third-order valence-electron chi connectivity index (χ3n) is 7.87. The number of nitrogens with zero attached hydrogens (tertiary/aromatic N) is 3. The second kappa shape index (κ2) is 12.0. The third kappa shape index (κ3) is 6.75. The molecule has 1 amide bonds. The zero-order valence-electron chi connectivity index (χ0n) is 24.0. The van der Waals surface area contributed by atoms with Gasteiger partial charge in [-0.15, -0.1) is 0 Å². The van der Waals surface area contributed by atoms with E-state index in [1.807, 2.05) is 60.3 Å². The Balaban J connectivity index is 1.44. The Morgan fingerprint density at radius 3 is 2.11 bits per heavy atom. The van der Waals surface area contributed by atoms with E-state index in [0.717, 1.165) is 22.2 Å². The van der Waals surface area contributed by atoms with Crippen LogP contribution in [-0.4, -0.2) is 72.8 Å². The number of nitrogens with one attached hydrogen (secondary N) is 1. The summed E-state index contributed by atoms with van der Waals surface area (Å²) in [6, 6.07) is 14.9. The number of hydrogen-bond acceptors (Lipinski definition) is 4. The summed E-state index contributed by atoms with van der Waals surface area (Å²) in [6.07, 6.45) is -8.12. The number of H-pyrrole nitrogens is 1. The number of aromatic amines is 1. The number of ketones is 1. The molecule has 5 rings (SSSR count). The Bertz CT molecular complexity index is 1630. The van der Waals surface area contributed by atoms with Crippen molar-refractivity contribution < 1.29 is 35.9 Å². The minimum absolute atomic E-state index is 0.00876. The zero-order valence-corrected chi connectivity index (χ0v) is 24.0. The normalized spacial score (nSPS) is 16.4. The molecular formula is C32H30F6N4O2. The summed E-state index contributed by atoms with van der Waals surface area (Å²) in [5.41, 5.74) is -0.682. The first-order chi connectivity index (χ1) is 20.7. The van der Waals surface area contributed by atoms with Gasteiger partial charge in [0, 0.05) is 73.7 Å². The van der Waals surface area contributed by atoms with E-state index in [0.29, 0.717) is 17.7 Å². The van der Waals surface area contributed by atoms with Gasteiger partial charge >= 0.3 is 12.4 Å². The fourth-order valence-electron chi connectivity index (χ4n) is 5.54. The van der Waals surface area contributed by atoms with Gasteiger partial charge in [0.1, 0.15) is 0 Å². The van der Waals surface area contributed by atoms with Crippen LogP contribution in [0.5, 0.6) is 0 Å². The number of carbonyl (C=O) groups excluding carboxylic acids is 2. The summed E-state index contributed by atoms with van der Waals surface area (Å²) in [7, 11) is 3.77. The van der Waals surface area contributed by atoms with E-state index < -0.39 is 41.0 Å². The van der Waals surface area contributed by atoms with Crippen LogP contribution in [0.1, 0.15) is 37.4 Å². The van der Waals surface area contributed by atoms with Gasteiger partial charge in [0.05, 0.1) is 17.7 Å². The Morgan fingerprint density at radius 2 is 1.50 bits per heavy atom. The number of anilines is 1. The number of carbonyl (C=O) groups is 2. The topological polar surface area (TPSA) is 59.7 Å². The molecule has 0 aliphatic carbocycles. The summed E-state index contributed by atoms with van der Waals surface area (Å²) in [6.45, 7) is 0.451. The van der Waals surface area contributed by atoms with E-state index in [-0.39, 0.29) is 44.4 Å². The number of fused-ring (bicyclic) bond motifs is 1. The molecule has 1 aromatic heterocycles. The molecule has 12 heteroatoms. The number of alkyl halides is 6. The number of piperazine rings is 1. The smallest absolute Gasteiger partial charge is 0.378 e. The van der Waals surface area contributed by atoms with Crippen molar-refractivity contribution in [2.75, 3.05) is 45.2 Å². The average Bonchev–Trinajstić information content (AvgIpc) is 3.38. The number of rotatable bonds is 7. The zero-order chi connectivity index (χ0) is 31.8. The Kier molecular flexibility index (Phi) is 8.48. The second-order valence-corrected chi connectivity index (χ2v) is 11.1. The molecule has 1 aliphatic heterocycles. The first-order valence-electron chi connectivity index (χ1n) is 13.9. The molecule has 0 spiro atoms. The molecular weight excluding hydrogens is 586 g/mol. The van der Waals surface area contributed by atoms with Gasteiger partial charge in [0.15, 0.2) is 5.78 Å². The molecule has 0 radical (unpaired) electrons. The van der Waals surface area contributed by atoms with E-state index >= 15 is 0 Å². The molecule has 1 saturated heterocycles. The molecule has 0 unspecified atom stereocenters. The maximum absolute atomic E-state index is 13.7. The number of halogens is 6. The summed E-state index contributed by atoms with van der Waals surface area (Å²) in [4.78, 5) is 35.1. The first-order valence-corrected chi connectivity index (χ1v) is 13.9. The first kappa shape index (κ1) is 31.1. The third-order valence-corrected chi connectivity index (χ3v) is 7.87. The molecule has 4 aromatic rings. The quantitative estimate of drug-likeness (QED) is 0.190. The fourth-order valence-corrected chi connectivity index (χ4v) is 5.54. The SMILES string of the molecule is CN(C)c1ccc(C(=O)CN2CCN(C(=O)c3cc(C(F)(F)F)cc(C(F)(F)F)c3)[C@H](Cc3c[nH]c4ccccc34)C2)cc1. The van der Waals surface area contributed by atoms with Crippen molar-refractivity contribution >= 4 is 28.3 Å². The summed E-state index contributed by atoms with van der Waals surface area (Å²) in [5.74, 6) is -1.08. The maximum Gasteiger partial charge on any atom is 0.416 e. The summed E-state index contributed by atoms with van der Waals surface area (Å²) < 4.78 is 81.3. The highest BCUT2D eigenvalue weighted by molar-refractivity contribution is 5.98. The van der Waals surface area contributed by atoms with Crippen LogP contribution in [0.25, 0.3) is 10.9 Å². The molecule has 1 N–H and O–H groups in total. The highest BCUT2D eigenvalue weighted by Gasteiger charge is 2.39. The summed E-state index contributed by atoms with van der Waals surface area (Å²) in [5, 5.41) is 0.882. The largest absolute Gasteiger partial charge is 0.416 e. The van der Waals surface area contributed by atoms with Gasteiger partial charge in [-0.05, 0) is 60.5 Å². The van der Waals surface area contributed by atoms with Gasteiger partial charge in [-0.2, -0.15) is 26.3 Å². The van der Waals surface area contributed by atoms with Crippen molar-refractivity contribution in [2.45, 2.75) is 24.8 Å². The van der Waals surface area contributed by atoms with E-state index in [1.54, 1.807) is 18.3 Å². The Morgan fingerprint density at radius 1 is 0.864 bits per heavy atom. The second-order valence-electron chi connectivity index (χ2n) is 11.1.